The van der Waals surface area contributed by atoms with Gasteiger partial charge in [0.05, 0.1) is 44.8 Å². The van der Waals surface area contributed by atoms with Crippen LogP contribution in [0, 0.1) is 0 Å². The summed E-state index contributed by atoms with van der Waals surface area (Å²) in [6, 6.07) is 3.43. The fourth-order valence-electron chi connectivity index (χ4n) is 2.97. The van der Waals surface area contributed by atoms with Crippen molar-refractivity contribution in [3.63, 3.8) is 0 Å². The van der Waals surface area contributed by atoms with Crippen molar-refractivity contribution in [3.05, 3.63) is 17.7 Å². The van der Waals surface area contributed by atoms with E-state index >= 15 is 0 Å². The molecule has 1 atom stereocenters. The molecule has 0 bridgehead atoms. The molecule has 1 aliphatic rings. The molecule has 1 aliphatic heterocycles. The van der Waals surface area contributed by atoms with Crippen LogP contribution in [-0.2, 0) is 21.1 Å². The molecule has 0 radical (unpaired) electrons. The Bertz CT molecular complexity index is 730. The van der Waals surface area contributed by atoms with Crippen molar-refractivity contribution in [1.29, 1.82) is 0 Å². The Kier molecular flexibility index (Phi) is 5.27. The van der Waals surface area contributed by atoms with E-state index in [1.807, 2.05) is 0 Å². The number of benzene rings is 1. The van der Waals surface area contributed by atoms with Crippen molar-refractivity contribution in [2.45, 2.75) is 25.3 Å². The van der Waals surface area contributed by atoms with Crippen molar-refractivity contribution >= 4 is 15.7 Å². The van der Waals surface area contributed by atoms with Crippen LogP contribution in [0.4, 0.5) is 0 Å². The third kappa shape index (κ3) is 3.92. The standard InChI is InChI=1S/C16H23NO6S/c1-16(7-8-24(19,20)10-16)17-13(18)9-11-5-6-12(21-2)15(23-4)14(11)22-3/h5-6H,7-10H2,1-4H3,(H,17,18)/t16-/m1/s1. The predicted molar refractivity (Wildman–Crippen MR) is 89.6 cm³/mol. The molecule has 1 heterocycles. The first-order valence-corrected chi connectivity index (χ1v) is 9.35. The lowest BCUT2D eigenvalue weighted by Crippen LogP contribution is -2.47. The molecule has 0 aliphatic carbocycles. The molecular weight excluding hydrogens is 334 g/mol. The lowest BCUT2D eigenvalue weighted by atomic mass is 10.0. The van der Waals surface area contributed by atoms with E-state index < -0.39 is 15.4 Å². The first-order chi connectivity index (χ1) is 11.2. The molecule has 0 saturated carbocycles. The second kappa shape index (κ2) is 6.88. The molecule has 1 N–H and O–H groups in total. The van der Waals surface area contributed by atoms with Crippen LogP contribution in [-0.4, -0.2) is 52.7 Å². The summed E-state index contributed by atoms with van der Waals surface area (Å²) in [6.45, 7) is 1.75. The minimum Gasteiger partial charge on any atom is -0.493 e. The molecule has 0 aromatic heterocycles. The van der Waals surface area contributed by atoms with Gasteiger partial charge in [-0.2, -0.15) is 0 Å². The van der Waals surface area contributed by atoms with Gasteiger partial charge in [0.2, 0.25) is 11.7 Å². The van der Waals surface area contributed by atoms with E-state index in [-0.39, 0.29) is 23.8 Å². The Hall–Kier alpha value is -1.96. The summed E-state index contributed by atoms with van der Waals surface area (Å²) in [6.07, 6.45) is 0.476. The summed E-state index contributed by atoms with van der Waals surface area (Å²) in [5.74, 6) is 1.15. The van der Waals surface area contributed by atoms with Crippen LogP contribution in [0.1, 0.15) is 18.9 Å². The van der Waals surface area contributed by atoms with Gasteiger partial charge in [-0.15, -0.1) is 0 Å². The van der Waals surface area contributed by atoms with Gasteiger partial charge >= 0.3 is 0 Å². The monoisotopic (exact) mass is 357 g/mol. The molecule has 1 aromatic carbocycles. The van der Waals surface area contributed by atoms with E-state index in [1.54, 1.807) is 19.1 Å². The van der Waals surface area contributed by atoms with E-state index in [9.17, 15) is 13.2 Å². The average molecular weight is 357 g/mol. The quantitative estimate of drug-likeness (QED) is 0.815. The van der Waals surface area contributed by atoms with E-state index in [0.29, 0.717) is 29.2 Å². The zero-order valence-corrected chi connectivity index (χ0v) is 15.2. The normalized spacial score (nSPS) is 22.0. The maximum atomic E-state index is 12.4. The van der Waals surface area contributed by atoms with Gasteiger partial charge in [-0.25, -0.2) is 8.42 Å². The van der Waals surface area contributed by atoms with Crippen molar-refractivity contribution < 1.29 is 27.4 Å². The van der Waals surface area contributed by atoms with Crippen molar-refractivity contribution in [3.8, 4) is 17.2 Å². The highest BCUT2D eigenvalue weighted by atomic mass is 32.2. The summed E-state index contributed by atoms with van der Waals surface area (Å²) in [5.41, 5.74) is -0.0863. The van der Waals surface area contributed by atoms with E-state index in [4.69, 9.17) is 14.2 Å². The summed E-state index contributed by atoms with van der Waals surface area (Å²) in [4.78, 5) is 12.4. The molecule has 0 spiro atoms. The number of nitrogens with one attached hydrogen (secondary N) is 1. The third-order valence-corrected chi connectivity index (χ3v) is 5.98. The van der Waals surface area contributed by atoms with Crippen molar-refractivity contribution in [2.24, 2.45) is 0 Å². The number of hydrogen-bond acceptors (Lipinski definition) is 6. The largest absolute Gasteiger partial charge is 0.493 e. The summed E-state index contributed by atoms with van der Waals surface area (Å²) in [5, 5.41) is 2.83. The van der Waals surface area contributed by atoms with Gasteiger partial charge in [0.25, 0.3) is 0 Å². The predicted octanol–water partition coefficient (Wildman–Crippen LogP) is 0.948. The van der Waals surface area contributed by atoms with Crippen LogP contribution in [0.2, 0.25) is 0 Å². The highest BCUT2D eigenvalue weighted by molar-refractivity contribution is 7.91. The molecule has 1 amide bonds. The van der Waals surface area contributed by atoms with Crippen LogP contribution in [0.25, 0.3) is 0 Å². The number of carbonyl (C=O) groups excluding carboxylic acids is 1. The molecule has 2 rings (SSSR count). The molecule has 8 heteroatoms. The average Bonchev–Trinajstić information content (AvgIpc) is 2.79. The highest BCUT2D eigenvalue weighted by Crippen LogP contribution is 2.40. The Morgan fingerprint density at radius 3 is 2.33 bits per heavy atom. The van der Waals surface area contributed by atoms with Crippen LogP contribution in [0.15, 0.2) is 12.1 Å². The highest BCUT2D eigenvalue weighted by Gasteiger charge is 2.39. The van der Waals surface area contributed by atoms with Gasteiger partial charge in [0, 0.05) is 5.56 Å². The maximum absolute atomic E-state index is 12.4. The van der Waals surface area contributed by atoms with Crippen LogP contribution in [0.3, 0.4) is 0 Å². The van der Waals surface area contributed by atoms with E-state index in [2.05, 4.69) is 5.32 Å². The number of methoxy groups -OCH3 is 3. The number of hydrogen-bond donors (Lipinski definition) is 1. The Morgan fingerprint density at radius 2 is 1.83 bits per heavy atom. The van der Waals surface area contributed by atoms with Crippen molar-refractivity contribution in [2.75, 3.05) is 32.8 Å². The molecule has 134 valence electrons. The summed E-state index contributed by atoms with van der Waals surface area (Å²) >= 11 is 0. The zero-order chi connectivity index (χ0) is 18.0. The minimum atomic E-state index is -3.08. The van der Waals surface area contributed by atoms with Gasteiger partial charge in [-0.3, -0.25) is 4.79 Å². The molecule has 1 saturated heterocycles. The second-order valence-corrected chi connectivity index (χ2v) is 8.31. The smallest absolute Gasteiger partial charge is 0.225 e. The molecular formula is C16H23NO6S. The SMILES string of the molecule is COc1ccc(CC(=O)N[C@]2(C)CCS(=O)(=O)C2)c(OC)c1OC. The Labute approximate surface area is 142 Å². The summed E-state index contributed by atoms with van der Waals surface area (Å²) in [7, 11) is 1.42. The van der Waals surface area contributed by atoms with Gasteiger partial charge in [0.15, 0.2) is 21.3 Å². The molecule has 24 heavy (non-hydrogen) atoms. The van der Waals surface area contributed by atoms with Crippen molar-refractivity contribution in [1.82, 2.24) is 5.32 Å². The van der Waals surface area contributed by atoms with Crippen LogP contribution >= 0.6 is 0 Å². The van der Waals surface area contributed by atoms with Gasteiger partial charge in [0.1, 0.15) is 0 Å². The first kappa shape index (κ1) is 18.4. The third-order valence-electron chi connectivity index (χ3n) is 4.08. The van der Waals surface area contributed by atoms with E-state index in [1.165, 1.54) is 21.3 Å². The molecule has 0 unspecified atom stereocenters. The maximum Gasteiger partial charge on any atom is 0.225 e. The lowest BCUT2D eigenvalue weighted by Gasteiger charge is -2.24. The minimum absolute atomic E-state index is 0.0329. The lowest BCUT2D eigenvalue weighted by molar-refractivity contribution is -0.121. The fourth-order valence-corrected chi connectivity index (χ4v) is 5.06. The number of carbonyl (C=O) groups is 1. The van der Waals surface area contributed by atoms with Gasteiger partial charge < -0.3 is 19.5 Å². The number of rotatable bonds is 6. The fraction of sp³-hybridized carbons (Fsp3) is 0.562. The molecule has 1 aromatic rings. The Balaban J connectivity index is 2.17. The topological polar surface area (TPSA) is 90.9 Å². The number of ether oxygens (including phenoxy) is 3. The Morgan fingerprint density at radius 1 is 1.17 bits per heavy atom. The number of sulfone groups is 1. The first-order valence-electron chi connectivity index (χ1n) is 7.53. The van der Waals surface area contributed by atoms with Gasteiger partial charge in [-0.1, -0.05) is 6.07 Å². The van der Waals surface area contributed by atoms with E-state index in [0.717, 1.165) is 0 Å². The zero-order valence-electron chi connectivity index (χ0n) is 14.3. The molecule has 1 fully saturated rings. The van der Waals surface area contributed by atoms with Crippen LogP contribution < -0.4 is 19.5 Å². The van der Waals surface area contributed by atoms with Gasteiger partial charge in [-0.05, 0) is 19.4 Å². The second-order valence-electron chi connectivity index (χ2n) is 6.12. The van der Waals surface area contributed by atoms with Crippen LogP contribution in [0.5, 0.6) is 17.2 Å². The number of amides is 1. The summed E-state index contributed by atoms with van der Waals surface area (Å²) < 4.78 is 39.1. The molecule has 7 nitrogen and oxygen atoms in total.